The number of anilines is 1. The average Bonchev–Trinajstić information content (AvgIpc) is 2.68. The summed E-state index contributed by atoms with van der Waals surface area (Å²) in [5, 5.41) is 0. The van der Waals surface area contributed by atoms with Crippen LogP contribution in [0.25, 0.3) is 0 Å². The molecule has 0 aliphatic heterocycles. The van der Waals surface area contributed by atoms with Gasteiger partial charge in [0.1, 0.15) is 22.9 Å². The van der Waals surface area contributed by atoms with Crippen molar-refractivity contribution in [3.63, 3.8) is 0 Å². The van der Waals surface area contributed by atoms with Gasteiger partial charge in [0.15, 0.2) is 0 Å². The Bertz CT molecular complexity index is 1040. The van der Waals surface area contributed by atoms with Gasteiger partial charge in [-0.25, -0.2) is 32.1 Å². The molecule has 0 aliphatic carbocycles. The minimum Gasteiger partial charge on any atom is -0.395 e. The van der Waals surface area contributed by atoms with Crippen LogP contribution in [0.2, 0.25) is 0 Å². The molecule has 0 saturated heterocycles. The fraction of sp³-hybridized carbons (Fsp3) is 0.167. The summed E-state index contributed by atoms with van der Waals surface area (Å²) in [6, 6.07) is 3.86. The van der Waals surface area contributed by atoms with E-state index in [1.54, 1.807) is 0 Å². The third-order valence-corrected chi connectivity index (χ3v) is 3.80. The van der Waals surface area contributed by atoms with Crippen LogP contribution in [0.3, 0.4) is 0 Å². The third-order valence-electron chi connectivity index (χ3n) is 3.80. The van der Waals surface area contributed by atoms with Gasteiger partial charge in [-0.15, -0.1) is 0 Å². The predicted octanol–water partition coefficient (Wildman–Crippen LogP) is 4.70. The maximum absolute atomic E-state index is 13.8. The van der Waals surface area contributed by atoms with Crippen LogP contribution in [0, 0.1) is 11.6 Å². The number of amides is 3. The largest absolute Gasteiger partial charge is 0.517 e. The van der Waals surface area contributed by atoms with Gasteiger partial charge in [0, 0.05) is 0 Å². The van der Waals surface area contributed by atoms with Gasteiger partial charge in [-0.3, -0.25) is 4.79 Å². The van der Waals surface area contributed by atoms with Crippen molar-refractivity contribution in [3.05, 3.63) is 59.7 Å². The number of urea groups is 1. The molecule has 1 unspecified atom stereocenters. The summed E-state index contributed by atoms with van der Waals surface area (Å²) in [6.07, 6.45) is -13.6. The summed E-state index contributed by atoms with van der Waals surface area (Å²) >= 11 is 0. The third kappa shape index (κ3) is 5.30. The summed E-state index contributed by atoms with van der Waals surface area (Å²) < 4.78 is 110. The van der Waals surface area contributed by atoms with Crippen LogP contribution >= 0.6 is 0 Å². The standard InChI is InChI=1S/C18H10F8N2O5/c19-10-2-1-3-11(20)12(10)13(29)28(15(27)30)8-4-6-9(7-5-8)32-16(31)33-17(23,14(21)22)18(24,25)26/h1-7,14H,(H2,27,30). The van der Waals surface area contributed by atoms with E-state index in [1.807, 2.05) is 0 Å². The van der Waals surface area contributed by atoms with E-state index < -0.39 is 65.2 Å². The van der Waals surface area contributed by atoms with Crippen molar-refractivity contribution in [3.8, 4) is 5.75 Å². The van der Waals surface area contributed by atoms with Gasteiger partial charge >= 0.3 is 30.6 Å². The number of benzene rings is 2. The van der Waals surface area contributed by atoms with Gasteiger partial charge in [-0.2, -0.15) is 17.6 Å². The van der Waals surface area contributed by atoms with Crippen molar-refractivity contribution in [2.24, 2.45) is 5.73 Å². The number of halogens is 8. The first-order valence-electron chi connectivity index (χ1n) is 8.31. The van der Waals surface area contributed by atoms with Crippen molar-refractivity contribution >= 4 is 23.8 Å². The number of hydrogen-bond acceptors (Lipinski definition) is 5. The Morgan fingerprint density at radius 3 is 1.85 bits per heavy atom. The minimum atomic E-state index is -6.28. The summed E-state index contributed by atoms with van der Waals surface area (Å²) in [5.74, 6) is -10.5. The van der Waals surface area contributed by atoms with Crippen LogP contribution < -0.4 is 15.4 Å². The summed E-state index contributed by atoms with van der Waals surface area (Å²) in [5.41, 5.74) is 3.48. The first-order chi connectivity index (χ1) is 15.2. The second-order valence-electron chi connectivity index (χ2n) is 5.97. The van der Waals surface area contributed by atoms with E-state index in [-0.39, 0.29) is 4.90 Å². The van der Waals surface area contributed by atoms with Crippen LogP contribution in [0.5, 0.6) is 5.75 Å². The van der Waals surface area contributed by atoms with Crippen molar-refractivity contribution in [1.82, 2.24) is 0 Å². The predicted molar refractivity (Wildman–Crippen MR) is 92.2 cm³/mol. The van der Waals surface area contributed by atoms with Crippen molar-refractivity contribution in [2.75, 3.05) is 4.90 Å². The number of alkyl halides is 6. The molecular formula is C18H10F8N2O5. The van der Waals surface area contributed by atoms with E-state index >= 15 is 0 Å². The first-order valence-corrected chi connectivity index (χ1v) is 8.31. The molecule has 2 aromatic rings. The molecule has 0 aromatic heterocycles. The van der Waals surface area contributed by atoms with Crippen LogP contribution in [0.1, 0.15) is 10.4 Å². The number of carbonyl (C=O) groups is 3. The van der Waals surface area contributed by atoms with Crippen LogP contribution in [-0.2, 0) is 4.74 Å². The van der Waals surface area contributed by atoms with Crippen molar-refractivity contribution in [2.45, 2.75) is 18.5 Å². The molecule has 2 rings (SSSR count). The summed E-state index contributed by atoms with van der Waals surface area (Å²) in [6.45, 7) is 0. The molecule has 2 N–H and O–H groups in total. The van der Waals surface area contributed by atoms with Crippen LogP contribution in [0.4, 0.5) is 50.4 Å². The highest BCUT2D eigenvalue weighted by Crippen LogP contribution is 2.40. The molecule has 33 heavy (non-hydrogen) atoms. The lowest BCUT2D eigenvalue weighted by Crippen LogP contribution is -2.51. The quantitative estimate of drug-likeness (QED) is 0.376. The molecule has 0 spiro atoms. The molecule has 3 amide bonds. The normalized spacial score (nSPS) is 13.2. The number of ether oxygens (including phenoxy) is 2. The molecule has 0 fully saturated rings. The molecular weight excluding hydrogens is 476 g/mol. The zero-order valence-electron chi connectivity index (χ0n) is 15.7. The molecule has 0 saturated carbocycles. The van der Waals surface area contributed by atoms with Crippen molar-refractivity contribution < 1.29 is 59.0 Å². The fourth-order valence-corrected chi connectivity index (χ4v) is 2.29. The maximum atomic E-state index is 13.8. The molecule has 7 nitrogen and oxygen atoms in total. The number of nitrogens with two attached hydrogens (primary N) is 1. The molecule has 1 atom stereocenters. The number of nitrogens with zero attached hydrogens (tertiary/aromatic N) is 1. The van der Waals surface area contributed by atoms with Gasteiger partial charge in [-0.05, 0) is 36.4 Å². The molecule has 0 bridgehead atoms. The highest BCUT2D eigenvalue weighted by Gasteiger charge is 2.67. The maximum Gasteiger partial charge on any atom is 0.517 e. The van der Waals surface area contributed by atoms with E-state index in [2.05, 4.69) is 9.47 Å². The smallest absolute Gasteiger partial charge is 0.395 e. The van der Waals surface area contributed by atoms with Crippen LogP contribution in [0.15, 0.2) is 42.5 Å². The van der Waals surface area contributed by atoms with Gasteiger partial charge in [0.05, 0.1) is 5.69 Å². The fourth-order valence-electron chi connectivity index (χ4n) is 2.29. The summed E-state index contributed by atoms with van der Waals surface area (Å²) in [7, 11) is 0. The van der Waals surface area contributed by atoms with E-state index in [0.717, 1.165) is 30.3 Å². The van der Waals surface area contributed by atoms with Gasteiger partial charge in [0.2, 0.25) is 0 Å². The average molecular weight is 486 g/mol. The van der Waals surface area contributed by atoms with Gasteiger partial charge in [0.25, 0.3) is 5.91 Å². The Kier molecular flexibility index (Phi) is 7.14. The molecule has 2 aromatic carbocycles. The SMILES string of the molecule is NC(=O)N(C(=O)c1c(F)cccc1F)c1ccc(OC(=O)OC(F)(C(F)F)C(F)(F)F)cc1. The Labute approximate surface area is 178 Å². The van der Waals surface area contributed by atoms with Crippen LogP contribution in [-0.4, -0.2) is 36.6 Å². The first kappa shape index (κ1) is 25.4. The second kappa shape index (κ2) is 9.30. The topological polar surface area (TPSA) is 98.9 Å². The Morgan fingerprint density at radius 1 is 0.909 bits per heavy atom. The van der Waals surface area contributed by atoms with E-state index in [1.165, 1.54) is 0 Å². The highest BCUT2D eigenvalue weighted by molar-refractivity contribution is 6.20. The van der Waals surface area contributed by atoms with Crippen molar-refractivity contribution in [1.29, 1.82) is 0 Å². The Hall–Kier alpha value is -3.91. The lowest BCUT2D eigenvalue weighted by Gasteiger charge is -2.25. The van der Waals surface area contributed by atoms with Gasteiger partial charge in [-0.1, -0.05) is 6.07 Å². The number of primary amides is 1. The minimum absolute atomic E-state index is 0.108. The number of hydrogen-bond donors (Lipinski definition) is 1. The number of imide groups is 1. The molecule has 0 heterocycles. The number of carbonyl (C=O) groups excluding carboxylic acids is 3. The Morgan fingerprint density at radius 2 is 1.42 bits per heavy atom. The lowest BCUT2D eigenvalue weighted by molar-refractivity contribution is -0.352. The molecule has 15 heteroatoms. The number of rotatable bonds is 5. The second-order valence-corrected chi connectivity index (χ2v) is 5.97. The van der Waals surface area contributed by atoms with E-state index in [4.69, 9.17) is 5.73 Å². The van der Waals surface area contributed by atoms with E-state index in [0.29, 0.717) is 12.1 Å². The lowest BCUT2D eigenvalue weighted by atomic mass is 10.1. The zero-order valence-corrected chi connectivity index (χ0v) is 15.7. The molecule has 178 valence electrons. The van der Waals surface area contributed by atoms with E-state index in [9.17, 15) is 49.5 Å². The molecule has 0 aliphatic rings. The molecule has 0 radical (unpaired) electrons. The monoisotopic (exact) mass is 486 g/mol. The Balaban J connectivity index is 2.25. The summed E-state index contributed by atoms with van der Waals surface area (Å²) in [4.78, 5) is 35.5. The zero-order chi connectivity index (χ0) is 25.1. The van der Waals surface area contributed by atoms with Gasteiger partial charge < -0.3 is 15.2 Å². The highest BCUT2D eigenvalue weighted by atomic mass is 19.4.